The first-order valence-electron chi connectivity index (χ1n) is 9.94. The zero-order chi connectivity index (χ0) is 22.9. The molecule has 1 heterocycles. The molecule has 0 saturated carbocycles. The van der Waals surface area contributed by atoms with Gasteiger partial charge in [0.05, 0.1) is 15.5 Å². The number of benzene rings is 3. The molecule has 1 aliphatic heterocycles. The summed E-state index contributed by atoms with van der Waals surface area (Å²) in [6, 6.07) is 19.6. The monoisotopic (exact) mass is 470 g/mol. The molecule has 0 unspecified atom stereocenters. The summed E-state index contributed by atoms with van der Waals surface area (Å²) in [6.07, 6.45) is 1.68. The van der Waals surface area contributed by atoms with Crippen LogP contribution in [0.1, 0.15) is 21.5 Å². The van der Waals surface area contributed by atoms with E-state index in [0.29, 0.717) is 13.0 Å². The van der Waals surface area contributed by atoms with Crippen LogP contribution in [-0.4, -0.2) is 39.8 Å². The predicted molar refractivity (Wildman–Crippen MR) is 122 cm³/mol. The Hall–Kier alpha value is -3.01. The van der Waals surface area contributed by atoms with E-state index in [1.165, 1.54) is 40.7 Å². The smallest absolute Gasteiger partial charge is 0.255 e. The highest BCUT2D eigenvalue weighted by Crippen LogP contribution is 2.26. The van der Waals surface area contributed by atoms with E-state index in [2.05, 4.69) is 5.32 Å². The number of nitrogens with one attached hydrogen (secondary N) is 1. The first-order chi connectivity index (χ1) is 15.2. The molecule has 3 aromatic rings. The van der Waals surface area contributed by atoms with Crippen LogP contribution < -0.4 is 5.32 Å². The third-order valence-electron chi connectivity index (χ3n) is 5.36. The van der Waals surface area contributed by atoms with Gasteiger partial charge in [0.15, 0.2) is 9.84 Å². The highest BCUT2D eigenvalue weighted by atomic mass is 32.2. The molecule has 9 heteroatoms. The molecular weight excluding hydrogens is 448 g/mol. The van der Waals surface area contributed by atoms with Crippen LogP contribution in [0.2, 0.25) is 0 Å². The number of sulfone groups is 1. The standard InChI is InChI=1S/C23H22N2O5S2/c1-31(27,28)22-12-5-4-11-21(22)24-23(26)18-9-6-10-20(15-18)32(29,30)25-14-13-17-7-2-3-8-19(17)16-25/h2-12,15H,13-14,16H2,1H3,(H,24,26). The van der Waals surface area contributed by atoms with Crippen LogP contribution in [0, 0.1) is 0 Å². The number of carbonyl (C=O) groups excluding carboxylic acids is 1. The van der Waals surface area contributed by atoms with Crippen molar-refractivity contribution in [1.29, 1.82) is 0 Å². The number of sulfonamides is 1. The number of para-hydroxylation sites is 1. The van der Waals surface area contributed by atoms with Gasteiger partial charge in [-0.2, -0.15) is 4.31 Å². The molecule has 0 radical (unpaired) electrons. The quantitative estimate of drug-likeness (QED) is 0.618. The highest BCUT2D eigenvalue weighted by Gasteiger charge is 2.28. The number of carbonyl (C=O) groups is 1. The summed E-state index contributed by atoms with van der Waals surface area (Å²) in [5.74, 6) is -0.595. The van der Waals surface area contributed by atoms with Crippen molar-refractivity contribution >= 4 is 31.5 Å². The first-order valence-corrected chi connectivity index (χ1v) is 13.3. The molecule has 1 amide bonds. The van der Waals surface area contributed by atoms with Gasteiger partial charge in [0, 0.05) is 24.9 Å². The Morgan fingerprint density at radius 3 is 2.31 bits per heavy atom. The van der Waals surface area contributed by atoms with Crippen LogP contribution in [0.15, 0.2) is 82.6 Å². The third kappa shape index (κ3) is 4.45. The average molecular weight is 471 g/mol. The van der Waals surface area contributed by atoms with Gasteiger partial charge in [-0.15, -0.1) is 0 Å². The van der Waals surface area contributed by atoms with Crippen molar-refractivity contribution in [3.63, 3.8) is 0 Å². The SMILES string of the molecule is CS(=O)(=O)c1ccccc1NC(=O)c1cccc(S(=O)(=O)N2CCc3ccccc3C2)c1. The number of anilines is 1. The molecule has 0 aromatic heterocycles. The Labute approximate surface area is 187 Å². The molecule has 32 heavy (non-hydrogen) atoms. The first kappa shape index (κ1) is 22.2. The van der Waals surface area contributed by atoms with Gasteiger partial charge in [-0.1, -0.05) is 42.5 Å². The number of amides is 1. The molecule has 0 bridgehead atoms. The van der Waals surface area contributed by atoms with Crippen LogP contribution in [0.3, 0.4) is 0 Å². The fourth-order valence-corrected chi connectivity index (χ4v) is 6.02. The van der Waals surface area contributed by atoms with E-state index in [9.17, 15) is 21.6 Å². The Morgan fingerprint density at radius 2 is 1.56 bits per heavy atom. The van der Waals surface area contributed by atoms with E-state index >= 15 is 0 Å². The number of hydrogen-bond acceptors (Lipinski definition) is 5. The van der Waals surface area contributed by atoms with E-state index in [1.807, 2.05) is 24.3 Å². The molecule has 0 spiro atoms. The molecular formula is C23H22N2O5S2. The molecule has 3 aromatic carbocycles. The molecule has 0 atom stereocenters. The van der Waals surface area contributed by atoms with Crippen LogP contribution in [0.25, 0.3) is 0 Å². The topological polar surface area (TPSA) is 101 Å². The average Bonchev–Trinajstić information content (AvgIpc) is 2.78. The number of hydrogen-bond donors (Lipinski definition) is 1. The van der Waals surface area contributed by atoms with Crippen molar-refractivity contribution in [2.45, 2.75) is 22.8 Å². The van der Waals surface area contributed by atoms with Gasteiger partial charge < -0.3 is 5.32 Å². The van der Waals surface area contributed by atoms with Crippen molar-refractivity contribution in [2.24, 2.45) is 0 Å². The van der Waals surface area contributed by atoms with Gasteiger partial charge in [-0.05, 0) is 47.9 Å². The summed E-state index contributed by atoms with van der Waals surface area (Å²) in [6.45, 7) is 0.633. The van der Waals surface area contributed by atoms with E-state index in [4.69, 9.17) is 0 Å². The maximum absolute atomic E-state index is 13.2. The Kier molecular flexibility index (Phi) is 5.89. The summed E-state index contributed by atoms with van der Waals surface area (Å²) in [5.41, 5.74) is 2.36. The maximum Gasteiger partial charge on any atom is 0.255 e. The molecule has 1 N–H and O–H groups in total. The summed E-state index contributed by atoms with van der Waals surface area (Å²) in [7, 11) is -7.36. The third-order valence-corrected chi connectivity index (χ3v) is 8.36. The lowest BCUT2D eigenvalue weighted by atomic mass is 10.0. The van der Waals surface area contributed by atoms with Crippen molar-refractivity contribution in [3.05, 3.63) is 89.5 Å². The van der Waals surface area contributed by atoms with Crippen molar-refractivity contribution in [3.8, 4) is 0 Å². The molecule has 0 fully saturated rings. The minimum atomic E-state index is -3.81. The number of nitrogens with zero attached hydrogens (tertiary/aromatic N) is 1. The molecule has 4 rings (SSSR count). The van der Waals surface area contributed by atoms with Crippen molar-refractivity contribution in [2.75, 3.05) is 18.1 Å². The zero-order valence-corrected chi connectivity index (χ0v) is 19.0. The summed E-state index contributed by atoms with van der Waals surface area (Å²) in [5, 5.41) is 2.58. The summed E-state index contributed by atoms with van der Waals surface area (Å²) >= 11 is 0. The van der Waals surface area contributed by atoms with Gasteiger partial charge >= 0.3 is 0 Å². The summed E-state index contributed by atoms with van der Waals surface area (Å²) < 4.78 is 51.8. The van der Waals surface area contributed by atoms with E-state index < -0.39 is 25.8 Å². The number of rotatable bonds is 5. The van der Waals surface area contributed by atoms with Gasteiger partial charge in [-0.3, -0.25) is 4.79 Å². The van der Waals surface area contributed by atoms with Gasteiger partial charge in [0.1, 0.15) is 0 Å². The molecule has 0 saturated heterocycles. The Balaban J connectivity index is 1.60. The van der Waals surface area contributed by atoms with Crippen LogP contribution >= 0.6 is 0 Å². The van der Waals surface area contributed by atoms with E-state index in [0.717, 1.165) is 17.4 Å². The van der Waals surface area contributed by atoms with Crippen LogP contribution in [-0.2, 0) is 32.8 Å². The largest absolute Gasteiger partial charge is 0.321 e. The Morgan fingerprint density at radius 1 is 0.875 bits per heavy atom. The minimum Gasteiger partial charge on any atom is -0.321 e. The second-order valence-electron chi connectivity index (χ2n) is 7.61. The predicted octanol–water partition coefficient (Wildman–Crippen LogP) is 3.09. The maximum atomic E-state index is 13.2. The summed E-state index contributed by atoms with van der Waals surface area (Å²) in [4.78, 5) is 12.8. The van der Waals surface area contributed by atoms with Gasteiger partial charge in [-0.25, -0.2) is 16.8 Å². The zero-order valence-electron chi connectivity index (χ0n) is 17.4. The normalized spacial score (nSPS) is 14.5. The Bertz CT molecular complexity index is 1400. The lowest BCUT2D eigenvalue weighted by Crippen LogP contribution is -2.36. The van der Waals surface area contributed by atoms with E-state index in [-0.39, 0.29) is 27.6 Å². The molecule has 166 valence electrons. The fourth-order valence-electron chi connectivity index (χ4n) is 3.71. The second-order valence-corrected chi connectivity index (χ2v) is 11.5. The lowest BCUT2D eigenvalue weighted by Gasteiger charge is -2.28. The van der Waals surface area contributed by atoms with Crippen molar-refractivity contribution in [1.82, 2.24) is 4.31 Å². The fraction of sp³-hybridized carbons (Fsp3) is 0.174. The second kappa shape index (κ2) is 8.50. The van der Waals surface area contributed by atoms with Gasteiger partial charge in [0.2, 0.25) is 10.0 Å². The van der Waals surface area contributed by atoms with Gasteiger partial charge in [0.25, 0.3) is 5.91 Å². The van der Waals surface area contributed by atoms with E-state index in [1.54, 1.807) is 12.1 Å². The molecule has 7 nitrogen and oxygen atoms in total. The van der Waals surface area contributed by atoms with Crippen LogP contribution in [0.4, 0.5) is 5.69 Å². The molecule has 1 aliphatic rings. The lowest BCUT2D eigenvalue weighted by molar-refractivity contribution is 0.102. The van der Waals surface area contributed by atoms with Crippen LogP contribution in [0.5, 0.6) is 0 Å². The number of fused-ring (bicyclic) bond motifs is 1. The highest BCUT2D eigenvalue weighted by molar-refractivity contribution is 7.91. The van der Waals surface area contributed by atoms with Crippen molar-refractivity contribution < 1.29 is 21.6 Å². The minimum absolute atomic E-state index is 0.0101. The molecule has 0 aliphatic carbocycles.